The first-order valence-corrected chi connectivity index (χ1v) is 14.1. The number of likely N-dealkylation sites (tertiary alicyclic amines) is 1. The van der Waals surface area contributed by atoms with Gasteiger partial charge in [-0.05, 0) is 49.9 Å². The van der Waals surface area contributed by atoms with Gasteiger partial charge in [0.15, 0.2) is 0 Å². The lowest BCUT2D eigenvalue weighted by molar-refractivity contribution is -0.139. The van der Waals surface area contributed by atoms with Gasteiger partial charge in [-0.3, -0.25) is 4.72 Å². The minimum atomic E-state index is -4.64. The van der Waals surface area contributed by atoms with Crippen LogP contribution < -0.4 is 9.46 Å². The molecule has 13 heteroatoms. The van der Waals surface area contributed by atoms with Gasteiger partial charge in [-0.15, -0.1) is 11.3 Å². The van der Waals surface area contributed by atoms with Crippen LogP contribution in [0.2, 0.25) is 10.0 Å². The summed E-state index contributed by atoms with van der Waals surface area (Å²) < 4.78 is 75.1. The van der Waals surface area contributed by atoms with Crippen LogP contribution in [0, 0.1) is 0 Å². The number of halogens is 5. The third-order valence-electron chi connectivity index (χ3n) is 5.13. The zero-order valence-corrected chi connectivity index (χ0v) is 22.1. The van der Waals surface area contributed by atoms with Crippen molar-refractivity contribution in [1.29, 1.82) is 0 Å². The molecule has 2 heterocycles. The molecule has 0 unspecified atom stereocenters. The summed E-state index contributed by atoms with van der Waals surface area (Å²) in [6.07, 6.45) is -4.47. The number of hydrogen-bond acceptors (Lipinski definition) is 6. The van der Waals surface area contributed by atoms with Crippen molar-refractivity contribution in [3.8, 4) is 5.75 Å². The van der Waals surface area contributed by atoms with Crippen molar-refractivity contribution >= 4 is 62.0 Å². The van der Waals surface area contributed by atoms with E-state index >= 15 is 0 Å². The highest BCUT2D eigenvalue weighted by Gasteiger charge is 2.36. The molecule has 0 amide bonds. The van der Waals surface area contributed by atoms with Crippen LogP contribution in [-0.4, -0.2) is 39.6 Å². The molecule has 1 aromatic heterocycles. The van der Waals surface area contributed by atoms with Gasteiger partial charge >= 0.3 is 6.18 Å². The van der Waals surface area contributed by atoms with E-state index in [0.717, 1.165) is 29.5 Å². The van der Waals surface area contributed by atoms with Crippen LogP contribution in [0.15, 0.2) is 61.8 Å². The molecule has 1 saturated heterocycles. The number of nitrogens with zero attached hydrogens (tertiary/aromatic N) is 1. The molecule has 1 atom stereocenters. The number of hydrogen-bond donors (Lipinski definition) is 1. The van der Waals surface area contributed by atoms with Gasteiger partial charge in [0.2, 0.25) is 0 Å². The van der Waals surface area contributed by atoms with Crippen LogP contribution in [-0.2, 0) is 16.2 Å². The number of sulfonamides is 1. The first-order chi connectivity index (χ1) is 16.4. The Balaban J connectivity index is 1.55. The number of anilines is 1. The zero-order valence-electron chi connectivity index (χ0n) is 18.1. The van der Waals surface area contributed by atoms with Crippen LogP contribution >= 0.6 is 46.3 Å². The molecule has 188 valence electrons. The Kier molecular flexibility index (Phi) is 7.85. The van der Waals surface area contributed by atoms with Gasteiger partial charge in [-0.2, -0.15) is 13.2 Å². The topological polar surface area (TPSA) is 58.6 Å². The lowest BCUT2D eigenvalue weighted by Crippen LogP contribution is -2.23. The lowest BCUT2D eigenvalue weighted by Gasteiger charge is -2.19. The molecule has 2 aromatic carbocycles. The molecule has 0 spiro atoms. The highest BCUT2D eigenvalue weighted by Crippen LogP contribution is 2.42. The minimum absolute atomic E-state index is 0.00191. The fourth-order valence-electron chi connectivity index (χ4n) is 3.47. The number of benzene rings is 2. The largest absolute Gasteiger partial charge is 0.488 e. The maximum Gasteiger partial charge on any atom is 0.419 e. The van der Waals surface area contributed by atoms with Crippen molar-refractivity contribution < 1.29 is 26.3 Å². The number of alkyl halides is 3. The smallest absolute Gasteiger partial charge is 0.419 e. The highest BCUT2D eigenvalue weighted by molar-refractivity contribution is 8.02. The van der Waals surface area contributed by atoms with Gasteiger partial charge in [0, 0.05) is 24.1 Å². The zero-order chi connectivity index (χ0) is 25.4. The Morgan fingerprint density at radius 3 is 2.63 bits per heavy atom. The number of likely N-dealkylation sites (N-methyl/N-ethyl adjacent to an activating group) is 1. The van der Waals surface area contributed by atoms with Gasteiger partial charge in [0.05, 0.1) is 25.5 Å². The van der Waals surface area contributed by atoms with E-state index in [4.69, 9.17) is 27.9 Å². The summed E-state index contributed by atoms with van der Waals surface area (Å²) >= 11 is 14.5. The summed E-state index contributed by atoms with van der Waals surface area (Å²) in [6.45, 7) is 1.19. The third-order valence-corrected chi connectivity index (χ3v) is 10.2. The molecule has 35 heavy (non-hydrogen) atoms. The molecule has 1 aliphatic rings. The lowest BCUT2D eigenvalue weighted by atomic mass is 10.1. The van der Waals surface area contributed by atoms with Gasteiger partial charge in [-0.25, -0.2) is 8.42 Å². The summed E-state index contributed by atoms with van der Waals surface area (Å²) in [6, 6.07) is 11.2. The SMILES string of the molecule is CN1CC[C@@H](Oc2cc(NS(=O)(=O)c3ccc(Sc4cccc(Cl)c4Cl)s3)ccc2C(F)(F)F)C1. The number of nitrogens with one attached hydrogen (secondary N) is 1. The molecular weight excluding hydrogens is 564 g/mol. The van der Waals surface area contributed by atoms with E-state index < -0.39 is 33.6 Å². The van der Waals surface area contributed by atoms with Crippen molar-refractivity contribution in [2.45, 2.75) is 32.0 Å². The Labute approximate surface area is 219 Å². The monoisotopic (exact) mass is 582 g/mol. The fraction of sp³-hybridized carbons (Fsp3) is 0.273. The van der Waals surface area contributed by atoms with Crippen LogP contribution in [0.5, 0.6) is 5.75 Å². The van der Waals surface area contributed by atoms with Crippen molar-refractivity contribution in [1.82, 2.24) is 4.90 Å². The summed E-state index contributed by atoms with van der Waals surface area (Å²) in [7, 11) is -2.20. The van der Waals surface area contributed by atoms with Gasteiger partial charge < -0.3 is 9.64 Å². The highest BCUT2D eigenvalue weighted by atomic mass is 35.5. The Hall–Kier alpha value is -1.63. The molecule has 1 aliphatic heterocycles. The van der Waals surface area contributed by atoms with E-state index in [1.54, 1.807) is 24.3 Å². The molecule has 0 radical (unpaired) electrons. The second-order valence-corrected chi connectivity index (χ2v) is 13.0. The molecule has 3 aromatic rings. The maximum absolute atomic E-state index is 13.5. The predicted molar refractivity (Wildman–Crippen MR) is 134 cm³/mol. The van der Waals surface area contributed by atoms with Crippen LogP contribution in [0.1, 0.15) is 12.0 Å². The molecule has 5 nitrogen and oxygen atoms in total. The number of thiophene rings is 1. The van der Waals surface area contributed by atoms with Crippen LogP contribution in [0.4, 0.5) is 18.9 Å². The summed E-state index contributed by atoms with van der Waals surface area (Å²) in [4.78, 5) is 2.62. The van der Waals surface area contributed by atoms with Gasteiger partial charge in [0.25, 0.3) is 10.0 Å². The van der Waals surface area contributed by atoms with Crippen molar-refractivity contribution in [3.05, 3.63) is 64.1 Å². The predicted octanol–water partition coefficient (Wildman–Crippen LogP) is 7.11. The third kappa shape index (κ3) is 6.39. The Morgan fingerprint density at radius 1 is 1.17 bits per heavy atom. The Morgan fingerprint density at radius 2 is 1.94 bits per heavy atom. The maximum atomic E-state index is 13.5. The first-order valence-electron chi connectivity index (χ1n) is 10.2. The number of ether oxygens (including phenoxy) is 1. The van der Waals surface area contributed by atoms with E-state index in [0.29, 0.717) is 38.7 Å². The molecule has 1 fully saturated rings. The van der Waals surface area contributed by atoms with Crippen molar-refractivity contribution in [2.24, 2.45) is 0 Å². The summed E-state index contributed by atoms with van der Waals surface area (Å²) in [5.41, 5.74) is -0.983. The van der Waals surface area contributed by atoms with Gasteiger partial charge in [-0.1, -0.05) is 41.0 Å². The van der Waals surface area contributed by atoms with E-state index in [1.165, 1.54) is 17.8 Å². The van der Waals surface area contributed by atoms with Crippen LogP contribution in [0.25, 0.3) is 0 Å². The molecule has 4 rings (SSSR count). The van der Waals surface area contributed by atoms with E-state index in [-0.39, 0.29) is 9.90 Å². The standard InChI is InChI=1S/C22H19Cl2F3N2O3S3/c1-29-10-9-14(12-29)32-17-11-13(5-6-15(17)22(25,26)27)28-35(30,31)20-8-7-19(34-20)33-18-4-2-3-16(23)21(18)24/h2-8,11,14,28H,9-10,12H2,1H3/t14-/m1/s1. The quantitative estimate of drug-likeness (QED) is 0.321. The fourth-order valence-corrected chi connectivity index (χ4v) is 7.59. The van der Waals surface area contributed by atoms with Crippen molar-refractivity contribution in [2.75, 3.05) is 24.9 Å². The van der Waals surface area contributed by atoms with Crippen LogP contribution in [0.3, 0.4) is 0 Å². The second-order valence-electron chi connectivity index (χ2n) is 7.83. The normalized spacial score (nSPS) is 17.0. The first kappa shape index (κ1) is 26.4. The average molecular weight is 584 g/mol. The molecular formula is C22H19Cl2F3N2O3S3. The van der Waals surface area contributed by atoms with E-state index in [2.05, 4.69) is 4.72 Å². The van der Waals surface area contributed by atoms with Crippen molar-refractivity contribution in [3.63, 3.8) is 0 Å². The Bertz CT molecular complexity index is 1330. The molecule has 0 aliphatic carbocycles. The second kappa shape index (κ2) is 10.4. The van der Waals surface area contributed by atoms with E-state index in [9.17, 15) is 21.6 Å². The summed E-state index contributed by atoms with van der Waals surface area (Å²) in [5.74, 6) is -0.406. The van der Waals surface area contributed by atoms with Gasteiger partial charge in [0.1, 0.15) is 16.1 Å². The summed E-state index contributed by atoms with van der Waals surface area (Å²) in [5, 5.41) is 0.744. The molecule has 1 N–H and O–H groups in total. The average Bonchev–Trinajstić information content (AvgIpc) is 3.40. The minimum Gasteiger partial charge on any atom is -0.488 e. The number of rotatable bonds is 7. The van der Waals surface area contributed by atoms with E-state index in [1.807, 2.05) is 11.9 Å². The molecule has 0 saturated carbocycles. The molecule has 0 bridgehead atoms.